The number of benzene rings is 1. The lowest BCUT2D eigenvalue weighted by Gasteiger charge is -2.30. The Labute approximate surface area is 175 Å². The molecule has 0 radical (unpaired) electrons. The predicted octanol–water partition coefficient (Wildman–Crippen LogP) is 2.04. The lowest BCUT2D eigenvalue weighted by Crippen LogP contribution is -2.40. The Bertz CT molecular complexity index is 1230. The smallest absolute Gasteiger partial charge is 0.309 e. The molecule has 4 rings (SSSR count). The van der Waals surface area contributed by atoms with Crippen LogP contribution in [0.4, 0.5) is 4.39 Å². The second-order valence-electron chi connectivity index (χ2n) is 6.88. The van der Waals surface area contributed by atoms with Crippen LogP contribution in [0.25, 0.3) is 4.96 Å². The number of carbonyl (C=O) groups is 1. The molecule has 0 N–H and O–H groups in total. The summed E-state index contributed by atoms with van der Waals surface area (Å²) in [6.45, 7) is 0.219. The van der Waals surface area contributed by atoms with Gasteiger partial charge in [-0.15, -0.1) is 11.3 Å². The summed E-state index contributed by atoms with van der Waals surface area (Å²) in [4.78, 5) is 29.2. The van der Waals surface area contributed by atoms with Gasteiger partial charge in [0.2, 0.25) is 10.0 Å². The van der Waals surface area contributed by atoms with Crippen molar-refractivity contribution in [1.82, 2.24) is 13.7 Å². The monoisotopic (exact) mass is 451 g/mol. The minimum absolute atomic E-state index is 0.0197. The van der Waals surface area contributed by atoms with E-state index in [2.05, 4.69) is 4.98 Å². The number of carbonyl (C=O) groups excluding carboxylic acids is 1. The van der Waals surface area contributed by atoms with E-state index in [0.717, 1.165) is 12.1 Å². The fourth-order valence-corrected chi connectivity index (χ4v) is 5.52. The van der Waals surface area contributed by atoms with E-state index >= 15 is 0 Å². The van der Waals surface area contributed by atoms with Crippen molar-refractivity contribution in [3.05, 3.63) is 63.8 Å². The molecule has 3 heterocycles. The SMILES string of the molecule is O=C(OCc1cc(=O)n2ccsc2n1)C1CCN(S(=O)(=O)c2ccc(F)cc2)CC1. The lowest BCUT2D eigenvalue weighted by atomic mass is 9.98. The summed E-state index contributed by atoms with van der Waals surface area (Å²) < 4.78 is 46.4. The molecule has 0 spiro atoms. The fraction of sp³-hybridized carbons (Fsp3) is 0.316. The average molecular weight is 452 g/mol. The molecule has 3 aromatic rings. The second-order valence-corrected chi connectivity index (χ2v) is 9.69. The van der Waals surface area contributed by atoms with Gasteiger partial charge in [-0.1, -0.05) is 0 Å². The Morgan fingerprint density at radius 3 is 2.63 bits per heavy atom. The minimum atomic E-state index is -3.73. The van der Waals surface area contributed by atoms with Gasteiger partial charge >= 0.3 is 5.97 Å². The minimum Gasteiger partial charge on any atom is -0.459 e. The molecule has 1 aromatic carbocycles. The van der Waals surface area contributed by atoms with E-state index in [0.29, 0.717) is 23.5 Å². The predicted molar refractivity (Wildman–Crippen MR) is 107 cm³/mol. The number of piperidine rings is 1. The van der Waals surface area contributed by atoms with E-state index in [-0.39, 0.29) is 30.2 Å². The topological polar surface area (TPSA) is 98.1 Å². The molecular weight excluding hydrogens is 433 g/mol. The Hall–Kier alpha value is -2.63. The number of hydrogen-bond acceptors (Lipinski definition) is 7. The number of ether oxygens (including phenoxy) is 1. The summed E-state index contributed by atoms with van der Waals surface area (Å²) in [5.74, 6) is -1.39. The van der Waals surface area contributed by atoms with Crippen molar-refractivity contribution in [3.8, 4) is 0 Å². The first-order valence-electron chi connectivity index (χ1n) is 9.23. The van der Waals surface area contributed by atoms with Crippen molar-refractivity contribution < 1.29 is 22.3 Å². The number of sulfonamides is 1. The van der Waals surface area contributed by atoms with E-state index in [1.807, 2.05) is 0 Å². The molecule has 1 aliphatic rings. The van der Waals surface area contributed by atoms with Crippen LogP contribution < -0.4 is 5.56 Å². The van der Waals surface area contributed by atoms with Gasteiger partial charge in [-0.05, 0) is 37.1 Å². The lowest BCUT2D eigenvalue weighted by molar-refractivity contribution is -0.151. The number of nitrogens with zero attached hydrogens (tertiary/aromatic N) is 3. The van der Waals surface area contributed by atoms with Crippen molar-refractivity contribution >= 4 is 32.3 Å². The molecule has 1 aliphatic heterocycles. The summed E-state index contributed by atoms with van der Waals surface area (Å²) >= 11 is 1.31. The number of thiazole rings is 1. The third kappa shape index (κ3) is 4.13. The van der Waals surface area contributed by atoms with Gasteiger partial charge < -0.3 is 4.74 Å². The molecule has 158 valence electrons. The van der Waals surface area contributed by atoms with Crippen molar-refractivity contribution in [3.63, 3.8) is 0 Å². The Kier molecular flexibility index (Phi) is 5.67. The molecule has 2 aromatic heterocycles. The van der Waals surface area contributed by atoms with Crippen LogP contribution in [-0.4, -0.2) is 41.2 Å². The van der Waals surface area contributed by atoms with Crippen molar-refractivity contribution in [2.24, 2.45) is 5.92 Å². The van der Waals surface area contributed by atoms with Crippen LogP contribution in [0.1, 0.15) is 18.5 Å². The van der Waals surface area contributed by atoms with Gasteiger partial charge in [-0.3, -0.25) is 14.0 Å². The van der Waals surface area contributed by atoms with Crippen LogP contribution in [0.15, 0.2) is 51.6 Å². The van der Waals surface area contributed by atoms with Gasteiger partial charge in [-0.25, -0.2) is 17.8 Å². The van der Waals surface area contributed by atoms with Gasteiger partial charge in [-0.2, -0.15) is 4.31 Å². The molecule has 1 saturated heterocycles. The number of aromatic nitrogens is 2. The highest BCUT2D eigenvalue weighted by molar-refractivity contribution is 7.89. The van der Waals surface area contributed by atoms with Gasteiger partial charge in [0.25, 0.3) is 5.56 Å². The van der Waals surface area contributed by atoms with Crippen molar-refractivity contribution in [2.75, 3.05) is 13.1 Å². The van der Waals surface area contributed by atoms with Crippen LogP contribution in [0.3, 0.4) is 0 Å². The molecule has 0 aliphatic carbocycles. The number of fused-ring (bicyclic) bond motifs is 1. The molecule has 30 heavy (non-hydrogen) atoms. The van der Waals surface area contributed by atoms with E-state index in [4.69, 9.17) is 4.74 Å². The molecule has 1 fully saturated rings. The van der Waals surface area contributed by atoms with Crippen LogP contribution in [-0.2, 0) is 26.2 Å². The van der Waals surface area contributed by atoms with Gasteiger partial charge in [0.15, 0.2) is 4.96 Å². The summed E-state index contributed by atoms with van der Waals surface area (Å²) in [7, 11) is -3.73. The van der Waals surface area contributed by atoms with Gasteiger partial charge in [0.1, 0.15) is 12.4 Å². The molecular formula is C19H18FN3O5S2. The van der Waals surface area contributed by atoms with E-state index in [1.165, 1.54) is 38.2 Å². The summed E-state index contributed by atoms with van der Waals surface area (Å²) in [5.41, 5.74) is 0.124. The van der Waals surface area contributed by atoms with E-state index in [9.17, 15) is 22.4 Å². The van der Waals surface area contributed by atoms with Crippen LogP contribution in [0, 0.1) is 11.7 Å². The van der Waals surface area contributed by atoms with E-state index < -0.39 is 27.7 Å². The Balaban J connectivity index is 1.34. The number of rotatable bonds is 5. The molecule has 0 unspecified atom stereocenters. The van der Waals surface area contributed by atoms with Gasteiger partial charge in [0, 0.05) is 30.7 Å². The zero-order valence-electron chi connectivity index (χ0n) is 15.7. The standard InChI is InChI=1S/C19H18FN3O5S2/c20-14-1-3-16(4-2-14)30(26,27)22-7-5-13(6-8-22)18(25)28-12-15-11-17(24)23-9-10-29-19(23)21-15/h1-4,9-11,13H,5-8,12H2. The van der Waals surface area contributed by atoms with E-state index in [1.54, 1.807) is 11.6 Å². The maximum atomic E-state index is 13.1. The first-order chi connectivity index (χ1) is 14.3. The molecule has 0 atom stereocenters. The molecule has 8 nitrogen and oxygen atoms in total. The highest BCUT2D eigenvalue weighted by atomic mass is 32.2. The van der Waals surface area contributed by atoms with Gasteiger partial charge in [0.05, 0.1) is 16.5 Å². The first kappa shape index (κ1) is 20.6. The largest absolute Gasteiger partial charge is 0.459 e. The molecule has 0 saturated carbocycles. The average Bonchev–Trinajstić information content (AvgIpc) is 3.22. The number of halogens is 1. The third-order valence-electron chi connectivity index (χ3n) is 4.96. The number of hydrogen-bond donors (Lipinski definition) is 0. The second kappa shape index (κ2) is 8.25. The normalized spacial score (nSPS) is 16.0. The maximum absolute atomic E-state index is 13.1. The highest BCUT2D eigenvalue weighted by Crippen LogP contribution is 2.25. The maximum Gasteiger partial charge on any atom is 0.309 e. The van der Waals surface area contributed by atoms with Crippen LogP contribution in [0.2, 0.25) is 0 Å². The Morgan fingerprint density at radius 2 is 1.93 bits per heavy atom. The highest BCUT2D eigenvalue weighted by Gasteiger charge is 2.32. The zero-order valence-corrected chi connectivity index (χ0v) is 17.4. The van der Waals surface area contributed by atoms with Crippen LogP contribution >= 0.6 is 11.3 Å². The molecule has 0 amide bonds. The zero-order chi connectivity index (χ0) is 21.3. The number of esters is 1. The third-order valence-corrected chi connectivity index (χ3v) is 7.63. The van der Waals surface area contributed by atoms with Crippen LogP contribution in [0.5, 0.6) is 0 Å². The van der Waals surface area contributed by atoms with Crippen molar-refractivity contribution in [1.29, 1.82) is 0 Å². The van der Waals surface area contributed by atoms with Crippen molar-refractivity contribution in [2.45, 2.75) is 24.3 Å². The quantitative estimate of drug-likeness (QED) is 0.551. The fourth-order valence-electron chi connectivity index (χ4n) is 3.31. The molecule has 0 bridgehead atoms. The Morgan fingerprint density at radius 1 is 1.23 bits per heavy atom. The summed E-state index contributed by atoms with van der Waals surface area (Å²) in [6.07, 6.45) is 2.26. The first-order valence-corrected chi connectivity index (χ1v) is 11.5. The summed E-state index contributed by atoms with van der Waals surface area (Å²) in [6, 6.07) is 5.98. The summed E-state index contributed by atoms with van der Waals surface area (Å²) in [5, 5.41) is 1.74. The molecule has 11 heteroatoms.